The first kappa shape index (κ1) is 14.8. The van der Waals surface area contributed by atoms with Gasteiger partial charge in [-0.25, -0.2) is 4.98 Å². The second-order valence-corrected chi connectivity index (χ2v) is 5.21. The number of halogens is 1. The minimum Gasteiger partial charge on any atom is -0.435 e. The minimum atomic E-state index is 0.410. The summed E-state index contributed by atoms with van der Waals surface area (Å²) >= 11 is 6.34. The van der Waals surface area contributed by atoms with Crippen LogP contribution in [0.3, 0.4) is 0 Å². The molecule has 2 aromatic heterocycles. The molecule has 6 heteroatoms. The van der Waals surface area contributed by atoms with Crippen LogP contribution >= 0.6 is 11.6 Å². The van der Waals surface area contributed by atoms with E-state index in [1.54, 1.807) is 13.3 Å². The Balaban J connectivity index is 1.83. The van der Waals surface area contributed by atoms with Gasteiger partial charge in [-0.1, -0.05) is 23.7 Å². The summed E-state index contributed by atoms with van der Waals surface area (Å²) in [5, 5.41) is 4.73. The third-order valence-corrected chi connectivity index (χ3v) is 3.51. The number of rotatable bonds is 6. The number of hydrogen-bond acceptors (Lipinski definition) is 4. The molecule has 0 N–H and O–H groups in total. The van der Waals surface area contributed by atoms with Gasteiger partial charge in [-0.05, 0) is 30.7 Å². The Labute approximate surface area is 133 Å². The van der Waals surface area contributed by atoms with Crippen LogP contribution in [0.2, 0.25) is 0 Å². The van der Waals surface area contributed by atoms with Gasteiger partial charge in [0.2, 0.25) is 5.89 Å². The average Bonchev–Trinajstić information content (AvgIpc) is 3.14. The number of nitrogens with zero attached hydrogens (tertiary/aromatic N) is 3. The van der Waals surface area contributed by atoms with Gasteiger partial charge in [0.25, 0.3) is 0 Å². The van der Waals surface area contributed by atoms with E-state index in [4.69, 9.17) is 20.8 Å². The average molecular weight is 318 g/mol. The Morgan fingerprint density at radius 1 is 1.36 bits per heavy atom. The lowest BCUT2D eigenvalue weighted by Crippen LogP contribution is -2.04. The SMILES string of the molecule is COCCCn1nccc1/C=C(\Cl)c1nc2ccccc2o1. The molecule has 22 heavy (non-hydrogen) atoms. The lowest BCUT2D eigenvalue weighted by molar-refractivity contribution is 0.189. The maximum absolute atomic E-state index is 6.34. The molecule has 0 fully saturated rings. The summed E-state index contributed by atoms with van der Waals surface area (Å²) in [5.41, 5.74) is 2.42. The van der Waals surface area contributed by atoms with Gasteiger partial charge >= 0.3 is 0 Å². The lowest BCUT2D eigenvalue weighted by atomic mass is 10.3. The topological polar surface area (TPSA) is 53.1 Å². The molecule has 0 aliphatic carbocycles. The van der Waals surface area contributed by atoms with Crippen LogP contribution < -0.4 is 0 Å². The minimum absolute atomic E-state index is 0.410. The molecule has 0 bridgehead atoms. The Hall–Kier alpha value is -2.11. The maximum Gasteiger partial charge on any atom is 0.239 e. The zero-order chi connectivity index (χ0) is 15.4. The van der Waals surface area contributed by atoms with Crippen molar-refractivity contribution >= 4 is 33.8 Å². The van der Waals surface area contributed by atoms with Gasteiger partial charge in [0.15, 0.2) is 5.58 Å². The maximum atomic E-state index is 6.34. The first-order valence-electron chi connectivity index (χ1n) is 7.02. The van der Waals surface area contributed by atoms with Gasteiger partial charge < -0.3 is 9.15 Å². The number of methoxy groups -OCH3 is 1. The molecule has 1 aromatic carbocycles. The predicted octanol–water partition coefficient (Wildman–Crippen LogP) is 3.80. The van der Waals surface area contributed by atoms with Crippen LogP contribution in [0.1, 0.15) is 18.0 Å². The molecule has 0 saturated carbocycles. The number of hydrogen-bond donors (Lipinski definition) is 0. The second-order valence-electron chi connectivity index (χ2n) is 4.80. The van der Waals surface area contributed by atoms with E-state index in [2.05, 4.69) is 10.1 Å². The highest BCUT2D eigenvalue weighted by Crippen LogP contribution is 2.25. The van der Waals surface area contributed by atoms with Crippen molar-refractivity contribution in [3.05, 3.63) is 48.1 Å². The van der Waals surface area contributed by atoms with Crippen molar-refractivity contribution in [3.8, 4) is 0 Å². The fourth-order valence-corrected chi connectivity index (χ4v) is 2.37. The monoisotopic (exact) mass is 317 g/mol. The molecular weight excluding hydrogens is 302 g/mol. The molecule has 0 aliphatic rings. The van der Waals surface area contributed by atoms with Gasteiger partial charge in [-0.2, -0.15) is 5.10 Å². The Kier molecular flexibility index (Phi) is 4.56. The fourth-order valence-electron chi connectivity index (χ4n) is 2.18. The molecular formula is C16H16ClN3O2. The molecule has 0 amide bonds. The van der Waals surface area contributed by atoms with Crippen LogP contribution in [-0.4, -0.2) is 28.5 Å². The molecule has 0 saturated heterocycles. The van der Waals surface area contributed by atoms with Crippen LogP contribution in [0.4, 0.5) is 0 Å². The van der Waals surface area contributed by atoms with Crippen molar-refractivity contribution in [1.82, 2.24) is 14.8 Å². The summed E-state index contributed by atoms with van der Waals surface area (Å²) in [4.78, 5) is 4.38. The van der Waals surface area contributed by atoms with Crippen LogP contribution in [-0.2, 0) is 11.3 Å². The first-order chi connectivity index (χ1) is 10.8. The molecule has 3 aromatic rings. The number of para-hydroxylation sites is 2. The molecule has 5 nitrogen and oxygen atoms in total. The standard InChI is InChI=1S/C16H16ClN3O2/c1-21-10-4-9-20-12(7-8-18-20)11-13(17)16-19-14-5-2-3-6-15(14)22-16/h2-3,5-8,11H,4,9-10H2,1H3/b13-11-. The highest BCUT2D eigenvalue weighted by Gasteiger charge is 2.10. The Morgan fingerprint density at radius 3 is 3.05 bits per heavy atom. The van der Waals surface area contributed by atoms with Crippen LogP contribution in [0.25, 0.3) is 22.2 Å². The van der Waals surface area contributed by atoms with Crippen molar-refractivity contribution in [1.29, 1.82) is 0 Å². The second kappa shape index (κ2) is 6.77. The lowest BCUT2D eigenvalue weighted by Gasteiger charge is -2.04. The zero-order valence-electron chi connectivity index (χ0n) is 12.2. The third-order valence-electron chi connectivity index (χ3n) is 3.24. The Bertz CT molecular complexity index is 758. The van der Waals surface area contributed by atoms with E-state index < -0.39 is 0 Å². The molecule has 0 radical (unpaired) electrons. The van der Waals surface area contributed by atoms with Crippen LogP contribution in [0.5, 0.6) is 0 Å². The van der Waals surface area contributed by atoms with Crippen molar-refractivity contribution < 1.29 is 9.15 Å². The van der Waals surface area contributed by atoms with E-state index in [1.807, 2.05) is 41.1 Å². The van der Waals surface area contributed by atoms with Crippen molar-refractivity contribution in [2.75, 3.05) is 13.7 Å². The highest BCUT2D eigenvalue weighted by atomic mass is 35.5. The summed E-state index contributed by atoms with van der Waals surface area (Å²) in [6.07, 6.45) is 4.44. The summed E-state index contributed by atoms with van der Waals surface area (Å²) < 4.78 is 12.6. The van der Waals surface area contributed by atoms with Crippen molar-refractivity contribution in [2.24, 2.45) is 0 Å². The molecule has 114 valence electrons. The summed E-state index contributed by atoms with van der Waals surface area (Å²) in [7, 11) is 1.69. The third kappa shape index (κ3) is 3.21. The largest absolute Gasteiger partial charge is 0.435 e. The van der Waals surface area contributed by atoms with E-state index in [-0.39, 0.29) is 0 Å². The van der Waals surface area contributed by atoms with Crippen LogP contribution in [0.15, 0.2) is 40.9 Å². The molecule has 0 atom stereocenters. The van der Waals surface area contributed by atoms with Crippen LogP contribution in [0, 0.1) is 0 Å². The summed E-state index contributed by atoms with van der Waals surface area (Å²) in [5.74, 6) is 0.410. The predicted molar refractivity (Wildman–Crippen MR) is 86.5 cm³/mol. The highest BCUT2D eigenvalue weighted by molar-refractivity contribution is 6.50. The summed E-state index contributed by atoms with van der Waals surface area (Å²) in [6.45, 7) is 1.46. The zero-order valence-corrected chi connectivity index (χ0v) is 13.0. The molecule has 0 spiro atoms. The summed E-state index contributed by atoms with van der Waals surface area (Å²) in [6, 6.07) is 9.47. The van der Waals surface area contributed by atoms with E-state index >= 15 is 0 Å². The Morgan fingerprint density at radius 2 is 2.23 bits per heavy atom. The van der Waals surface area contributed by atoms with Gasteiger partial charge in [0.1, 0.15) is 10.5 Å². The van der Waals surface area contributed by atoms with E-state index in [1.165, 1.54) is 0 Å². The fraction of sp³-hybridized carbons (Fsp3) is 0.250. The molecule has 3 rings (SSSR count). The molecule has 0 aliphatic heterocycles. The molecule has 2 heterocycles. The van der Waals surface area contributed by atoms with E-state index in [9.17, 15) is 0 Å². The number of fused-ring (bicyclic) bond motifs is 1. The quantitative estimate of drug-likeness (QED) is 0.649. The van der Waals surface area contributed by atoms with Gasteiger partial charge in [0.05, 0.1) is 5.69 Å². The number of aryl methyl sites for hydroxylation is 1. The molecule has 0 unspecified atom stereocenters. The van der Waals surface area contributed by atoms with E-state index in [0.29, 0.717) is 17.5 Å². The van der Waals surface area contributed by atoms with Gasteiger partial charge in [-0.3, -0.25) is 4.68 Å². The van der Waals surface area contributed by atoms with Crippen molar-refractivity contribution in [3.63, 3.8) is 0 Å². The number of oxazole rings is 1. The van der Waals surface area contributed by atoms with Gasteiger partial charge in [-0.15, -0.1) is 0 Å². The smallest absolute Gasteiger partial charge is 0.239 e. The first-order valence-corrected chi connectivity index (χ1v) is 7.39. The normalized spacial score (nSPS) is 12.2. The van der Waals surface area contributed by atoms with Gasteiger partial charge in [0, 0.05) is 26.5 Å². The van der Waals surface area contributed by atoms with E-state index in [0.717, 1.165) is 29.8 Å². The number of benzene rings is 1. The van der Waals surface area contributed by atoms with Crippen molar-refractivity contribution in [2.45, 2.75) is 13.0 Å². The number of aromatic nitrogens is 3. The number of ether oxygens (including phenoxy) is 1.